The third-order valence-corrected chi connectivity index (χ3v) is 6.07. The van der Waals surface area contributed by atoms with Gasteiger partial charge in [-0.25, -0.2) is 4.98 Å². The Kier molecular flexibility index (Phi) is 9.36. The number of nitrogens with one attached hydrogen (secondary N) is 1. The van der Waals surface area contributed by atoms with E-state index < -0.39 is 23.3 Å². The molecule has 1 radical (unpaired) electrons. The minimum atomic E-state index is -0.880. The van der Waals surface area contributed by atoms with Crippen molar-refractivity contribution in [3.63, 3.8) is 0 Å². The first kappa shape index (κ1) is 27.8. The van der Waals surface area contributed by atoms with Gasteiger partial charge in [0.05, 0.1) is 12.5 Å². The Morgan fingerprint density at radius 3 is 2.27 bits per heavy atom. The average Bonchev–Trinajstić information content (AvgIpc) is 3.29. The number of carbonyl (C=O) groups excluding carboxylic acids is 3. The molecule has 0 aliphatic heterocycles. The summed E-state index contributed by atoms with van der Waals surface area (Å²) < 4.78 is 6.01. The van der Waals surface area contributed by atoms with Gasteiger partial charge < -0.3 is 20.4 Å². The van der Waals surface area contributed by atoms with Crippen molar-refractivity contribution in [1.29, 1.82) is 0 Å². The highest BCUT2D eigenvalue weighted by Crippen LogP contribution is 2.25. The van der Waals surface area contributed by atoms with Gasteiger partial charge in [-0.1, -0.05) is 62.4 Å². The lowest BCUT2D eigenvalue weighted by molar-refractivity contribution is -0.126. The van der Waals surface area contributed by atoms with Gasteiger partial charge in [-0.3, -0.25) is 14.4 Å². The molecule has 8 heteroatoms. The lowest BCUT2D eigenvalue weighted by Crippen LogP contribution is -2.42. The maximum Gasteiger partial charge on any atom is 0.227 e. The molecule has 0 fully saturated rings. The van der Waals surface area contributed by atoms with Gasteiger partial charge in [0.1, 0.15) is 5.69 Å². The van der Waals surface area contributed by atoms with Crippen LogP contribution in [-0.2, 0) is 22.6 Å². The Hall–Kier alpha value is -3.78. The summed E-state index contributed by atoms with van der Waals surface area (Å²) in [6.45, 7) is 3.74. The number of nitrogens with two attached hydrogens (primary N) is 1. The van der Waals surface area contributed by atoms with E-state index in [1.807, 2.05) is 79.7 Å². The minimum absolute atomic E-state index is 0.128. The third-order valence-electron chi connectivity index (χ3n) is 6.07. The van der Waals surface area contributed by atoms with Gasteiger partial charge in [-0.05, 0) is 51.1 Å². The molecule has 0 aliphatic rings. The number of Topliss-reactive ketones (excluding diaryl/α,β-unsaturated/α-hetero) is 1. The molecular formula is C29H35N4O4. The fourth-order valence-electron chi connectivity index (χ4n) is 3.72. The summed E-state index contributed by atoms with van der Waals surface area (Å²) in [4.78, 5) is 44.8. The average molecular weight is 504 g/mol. The van der Waals surface area contributed by atoms with Crippen LogP contribution in [0.5, 0.6) is 0 Å². The van der Waals surface area contributed by atoms with Crippen molar-refractivity contribution in [1.82, 2.24) is 15.2 Å². The quantitative estimate of drug-likeness (QED) is 0.343. The van der Waals surface area contributed by atoms with Gasteiger partial charge in [0.25, 0.3) is 0 Å². The molecule has 37 heavy (non-hydrogen) atoms. The second-order valence-corrected chi connectivity index (χ2v) is 10.0. The topological polar surface area (TPSA) is 119 Å². The molecule has 1 unspecified atom stereocenters. The predicted octanol–water partition coefficient (Wildman–Crippen LogP) is 3.81. The molecule has 3 aromatic rings. The number of amides is 2. The number of rotatable bonds is 13. The summed E-state index contributed by atoms with van der Waals surface area (Å²) >= 11 is 0. The molecular weight excluding hydrogens is 468 g/mol. The zero-order valence-corrected chi connectivity index (χ0v) is 21.9. The number of primary amides is 1. The number of hydrogen-bond acceptors (Lipinski definition) is 6. The van der Waals surface area contributed by atoms with Crippen LogP contribution >= 0.6 is 0 Å². The first-order chi connectivity index (χ1) is 17.6. The van der Waals surface area contributed by atoms with E-state index in [2.05, 4.69) is 10.3 Å². The van der Waals surface area contributed by atoms with Crippen molar-refractivity contribution >= 4 is 17.6 Å². The Morgan fingerprint density at radius 2 is 1.68 bits per heavy atom. The summed E-state index contributed by atoms with van der Waals surface area (Å²) in [5, 5.41) is 2.83. The first-order valence-electron chi connectivity index (χ1n) is 12.3. The highest BCUT2D eigenvalue weighted by atomic mass is 16.4. The largest absolute Gasteiger partial charge is 0.433 e. The third kappa shape index (κ3) is 7.85. The summed E-state index contributed by atoms with van der Waals surface area (Å²) in [7, 11) is 3.77. The van der Waals surface area contributed by atoms with Crippen LogP contribution in [0.15, 0.2) is 65.1 Å². The lowest BCUT2D eigenvalue weighted by Gasteiger charge is -2.21. The zero-order valence-electron chi connectivity index (χ0n) is 21.9. The molecule has 3 N–H and O–H groups in total. The van der Waals surface area contributed by atoms with Crippen molar-refractivity contribution in [2.24, 2.45) is 11.1 Å². The molecule has 0 saturated heterocycles. The van der Waals surface area contributed by atoms with Crippen molar-refractivity contribution in [3.05, 3.63) is 84.1 Å². The van der Waals surface area contributed by atoms with E-state index in [4.69, 9.17) is 10.2 Å². The van der Waals surface area contributed by atoms with Gasteiger partial charge in [-0.2, -0.15) is 0 Å². The first-order valence-corrected chi connectivity index (χ1v) is 12.3. The number of nitrogens with zero attached hydrogens (tertiary/aromatic N) is 2. The second kappa shape index (κ2) is 12.5. The van der Waals surface area contributed by atoms with Crippen LogP contribution in [0.1, 0.15) is 48.5 Å². The fourth-order valence-corrected chi connectivity index (χ4v) is 3.72. The number of aryl methyl sites for hydroxylation is 1. The van der Waals surface area contributed by atoms with E-state index in [0.29, 0.717) is 31.0 Å². The molecule has 195 valence electrons. The van der Waals surface area contributed by atoms with Crippen LogP contribution in [0.3, 0.4) is 0 Å². The Labute approximate surface area is 218 Å². The molecule has 0 bridgehead atoms. The van der Waals surface area contributed by atoms with Crippen LogP contribution in [0.25, 0.3) is 11.5 Å². The number of carbonyl (C=O) groups is 3. The molecule has 0 spiro atoms. The highest BCUT2D eigenvalue weighted by Gasteiger charge is 2.31. The standard InChI is InChI=1S/C29H35N4O4/c1-29(2,28(30)36)18-17-24(34)31-22(16-15-20-11-7-5-8-12-20)25(35)26-23(19-33(3)4)32-27(37-26)21-13-9-6-10-14-21/h5-14,17,22H,15-16,18-19H2,1-4H3,(H2,30,36)(H,31,34). The van der Waals surface area contributed by atoms with Gasteiger partial charge >= 0.3 is 0 Å². The number of ketones is 1. The van der Waals surface area contributed by atoms with E-state index in [-0.39, 0.29) is 18.0 Å². The maximum atomic E-state index is 13.8. The van der Waals surface area contributed by atoms with Gasteiger partial charge in [-0.15, -0.1) is 0 Å². The van der Waals surface area contributed by atoms with Crippen LogP contribution < -0.4 is 11.1 Å². The molecule has 0 saturated carbocycles. The monoisotopic (exact) mass is 503 g/mol. The van der Waals surface area contributed by atoms with Gasteiger partial charge in [0.15, 0.2) is 5.76 Å². The Morgan fingerprint density at radius 1 is 1.05 bits per heavy atom. The number of benzene rings is 2. The molecule has 0 aliphatic carbocycles. The molecule has 1 heterocycles. The van der Waals surface area contributed by atoms with Crippen LogP contribution in [0, 0.1) is 11.8 Å². The Bertz CT molecular complexity index is 1200. The smallest absolute Gasteiger partial charge is 0.227 e. The summed E-state index contributed by atoms with van der Waals surface area (Å²) in [6, 6.07) is 18.3. The van der Waals surface area contributed by atoms with Gasteiger partial charge in [0.2, 0.25) is 23.5 Å². The van der Waals surface area contributed by atoms with Gasteiger partial charge in [0, 0.05) is 17.5 Å². The maximum absolute atomic E-state index is 13.8. The van der Waals surface area contributed by atoms with E-state index in [1.165, 1.54) is 6.42 Å². The van der Waals surface area contributed by atoms with Crippen LogP contribution in [0.4, 0.5) is 0 Å². The highest BCUT2D eigenvalue weighted by molar-refractivity contribution is 6.01. The summed E-state index contributed by atoms with van der Waals surface area (Å²) in [6.07, 6.45) is 2.46. The van der Waals surface area contributed by atoms with Crippen molar-refractivity contribution < 1.29 is 18.8 Å². The molecule has 1 aromatic heterocycles. The molecule has 2 aromatic carbocycles. The van der Waals surface area contributed by atoms with E-state index >= 15 is 0 Å². The van der Waals surface area contributed by atoms with Crippen molar-refractivity contribution in [2.75, 3.05) is 14.1 Å². The Balaban J connectivity index is 1.87. The minimum Gasteiger partial charge on any atom is -0.433 e. The SMILES string of the molecule is CN(C)Cc1nc(-c2ccccc2)oc1C(=O)C(CCc1ccccc1)NC(=O)[CH]CC(C)(C)C(N)=O. The number of oxazole rings is 1. The van der Waals surface area contributed by atoms with E-state index in [0.717, 1.165) is 11.1 Å². The van der Waals surface area contributed by atoms with E-state index in [9.17, 15) is 14.4 Å². The summed E-state index contributed by atoms with van der Waals surface area (Å²) in [5.74, 6) is -0.820. The molecule has 2 amide bonds. The van der Waals surface area contributed by atoms with Crippen LogP contribution in [0.2, 0.25) is 0 Å². The van der Waals surface area contributed by atoms with Crippen molar-refractivity contribution in [3.8, 4) is 11.5 Å². The lowest BCUT2D eigenvalue weighted by atomic mass is 9.87. The molecule has 1 atom stereocenters. The van der Waals surface area contributed by atoms with E-state index in [1.54, 1.807) is 13.8 Å². The predicted molar refractivity (Wildman–Crippen MR) is 142 cm³/mol. The number of hydrogen-bond donors (Lipinski definition) is 2. The normalized spacial score (nSPS) is 12.4. The fraction of sp³-hybridized carbons (Fsp3) is 0.345. The molecule has 8 nitrogen and oxygen atoms in total. The zero-order chi connectivity index (χ0) is 27.0. The number of aromatic nitrogens is 1. The summed E-state index contributed by atoms with van der Waals surface area (Å²) in [5.41, 5.74) is 6.86. The van der Waals surface area contributed by atoms with Crippen molar-refractivity contribution in [2.45, 2.75) is 45.7 Å². The second-order valence-electron chi connectivity index (χ2n) is 10.0. The van der Waals surface area contributed by atoms with Crippen LogP contribution in [-0.4, -0.2) is 47.6 Å². The molecule has 3 rings (SSSR count).